The first-order valence-electron chi connectivity index (χ1n) is 10.5. The van der Waals surface area contributed by atoms with Gasteiger partial charge in [0.15, 0.2) is 0 Å². The molecule has 0 aliphatic carbocycles. The molecule has 168 valence electrons. The molecule has 5 rings (SSSR count). The van der Waals surface area contributed by atoms with Gasteiger partial charge in [-0.2, -0.15) is 4.39 Å². The van der Waals surface area contributed by atoms with Crippen molar-refractivity contribution in [2.45, 2.75) is 45.2 Å². The number of pyridine rings is 2. The lowest BCUT2D eigenvalue weighted by Crippen LogP contribution is -2.44. The average Bonchev–Trinajstić information content (AvgIpc) is 3.13. The Morgan fingerprint density at radius 2 is 2.00 bits per heavy atom. The van der Waals surface area contributed by atoms with Gasteiger partial charge in [0.05, 0.1) is 34.6 Å². The molecule has 0 N–H and O–H groups in total. The molecule has 0 fully saturated rings. The fourth-order valence-corrected chi connectivity index (χ4v) is 4.27. The Kier molecular flexibility index (Phi) is 4.84. The number of Topliss-reactive ketones (excluding diaryl/α,β-unsaturated/α-hetero) is 1. The van der Waals surface area contributed by atoms with Crippen LogP contribution in [-0.2, 0) is 42.9 Å². The minimum absolute atomic E-state index is 0.0882. The summed E-state index contributed by atoms with van der Waals surface area (Å²) in [6, 6.07) is 10.7. The molecule has 4 heterocycles. The van der Waals surface area contributed by atoms with Crippen LogP contribution in [0.25, 0.3) is 22.3 Å². The summed E-state index contributed by atoms with van der Waals surface area (Å²) in [6.45, 7) is 1.19. The zero-order valence-corrected chi connectivity index (χ0v) is 17.7. The summed E-state index contributed by atoms with van der Waals surface area (Å²) in [6.07, 6.45) is 0.0260. The third kappa shape index (κ3) is 3.40. The number of rotatable bonds is 5. The smallest absolute Gasteiger partial charge is 0.390 e. The summed E-state index contributed by atoms with van der Waals surface area (Å²) in [5.41, 5.74) is 1.36. The first-order valence-corrected chi connectivity index (χ1v) is 10.5. The number of nitrogens with zero attached hydrogens (tertiary/aromatic N) is 2. The molecule has 33 heavy (non-hydrogen) atoms. The number of fused-ring (bicyclic) bond motifs is 5. The number of hydrogen-bond acceptors (Lipinski definition) is 7. The highest BCUT2D eigenvalue weighted by Gasteiger charge is 2.52. The molecule has 2 aliphatic heterocycles. The Labute approximate surface area is 186 Å². The third-order valence-corrected chi connectivity index (χ3v) is 5.90. The van der Waals surface area contributed by atoms with Gasteiger partial charge in [0.2, 0.25) is 0 Å². The number of ketones is 1. The second-order valence-electron chi connectivity index (χ2n) is 8.20. The summed E-state index contributed by atoms with van der Waals surface area (Å²) in [5.74, 6) is -5.78. The molecule has 2 aliphatic rings. The Morgan fingerprint density at radius 1 is 1.21 bits per heavy atom. The maximum absolute atomic E-state index is 15.9. The summed E-state index contributed by atoms with van der Waals surface area (Å²) in [7, 11) is 0. The van der Waals surface area contributed by atoms with Gasteiger partial charge in [0.25, 0.3) is 5.56 Å². The van der Waals surface area contributed by atoms with Crippen LogP contribution >= 0.6 is 0 Å². The van der Waals surface area contributed by atoms with Crippen LogP contribution < -0.4 is 5.56 Å². The van der Waals surface area contributed by atoms with Gasteiger partial charge in [0.1, 0.15) is 12.4 Å². The van der Waals surface area contributed by atoms with Crippen LogP contribution in [0, 0.1) is 0 Å². The number of ether oxygens (including phenoxy) is 2. The molecular weight excluding hydrogens is 431 g/mol. The fourth-order valence-electron chi connectivity index (χ4n) is 4.27. The van der Waals surface area contributed by atoms with E-state index in [-0.39, 0.29) is 42.7 Å². The number of esters is 2. The van der Waals surface area contributed by atoms with E-state index in [4.69, 9.17) is 9.47 Å². The van der Waals surface area contributed by atoms with Crippen LogP contribution in [0.15, 0.2) is 41.2 Å². The molecule has 0 spiro atoms. The van der Waals surface area contributed by atoms with Crippen LogP contribution in [-0.4, -0.2) is 27.3 Å². The summed E-state index contributed by atoms with van der Waals surface area (Å²) in [4.78, 5) is 53.5. The maximum atomic E-state index is 15.9. The number of carbonyl (C=O) groups excluding carboxylic acids is 3. The van der Waals surface area contributed by atoms with E-state index in [0.717, 1.165) is 10.9 Å². The number of cyclic esters (lactones) is 1. The molecule has 0 bridgehead atoms. The van der Waals surface area contributed by atoms with Crippen molar-refractivity contribution in [1.29, 1.82) is 0 Å². The number of alkyl halides is 1. The third-order valence-electron chi connectivity index (χ3n) is 5.90. The van der Waals surface area contributed by atoms with Crippen molar-refractivity contribution in [1.82, 2.24) is 9.55 Å². The molecule has 0 radical (unpaired) electrons. The molecule has 8 nitrogen and oxygen atoms in total. The van der Waals surface area contributed by atoms with E-state index in [1.54, 1.807) is 0 Å². The van der Waals surface area contributed by atoms with E-state index in [1.165, 1.54) is 17.6 Å². The Morgan fingerprint density at radius 3 is 2.79 bits per heavy atom. The van der Waals surface area contributed by atoms with Crippen molar-refractivity contribution < 1.29 is 28.2 Å². The molecule has 3 aromatic rings. The van der Waals surface area contributed by atoms with Crippen LogP contribution in [0.5, 0.6) is 0 Å². The Bertz CT molecular complexity index is 1410. The van der Waals surface area contributed by atoms with E-state index in [1.807, 2.05) is 30.3 Å². The topological polar surface area (TPSA) is 105 Å². The molecule has 9 heteroatoms. The highest BCUT2D eigenvalue weighted by Crippen LogP contribution is 2.40. The molecule has 0 saturated carbocycles. The van der Waals surface area contributed by atoms with E-state index in [0.29, 0.717) is 16.9 Å². The van der Waals surface area contributed by atoms with Gasteiger partial charge >= 0.3 is 17.8 Å². The number of para-hydroxylation sites is 1. The van der Waals surface area contributed by atoms with Gasteiger partial charge in [-0.3, -0.25) is 9.59 Å². The monoisotopic (exact) mass is 450 g/mol. The lowest BCUT2D eigenvalue weighted by molar-refractivity contribution is -0.214. The predicted octanol–water partition coefficient (Wildman–Crippen LogP) is 2.91. The zero-order chi connectivity index (χ0) is 23.3. The van der Waals surface area contributed by atoms with E-state index in [9.17, 15) is 19.2 Å². The van der Waals surface area contributed by atoms with Crippen molar-refractivity contribution in [3.63, 3.8) is 0 Å². The van der Waals surface area contributed by atoms with Gasteiger partial charge in [0, 0.05) is 23.8 Å². The predicted molar refractivity (Wildman–Crippen MR) is 114 cm³/mol. The number of halogens is 1. The van der Waals surface area contributed by atoms with Gasteiger partial charge in [-0.25, -0.2) is 9.78 Å². The number of carbonyl (C=O) groups is 3. The average molecular weight is 450 g/mol. The van der Waals surface area contributed by atoms with Crippen LogP contribution in [0.1, 0.15) is 42.9 Å². The number of benzene rings is 1. The van der Waals surface area contributed by atoms with Crippen LogP contribution in [0.2, 0.25) is 0 Å². The first kappa shape index (κ1) is 21.0. The van der Waals surface area contributed by atoms with Crippen molar-refractivity contribution in [2.75, 3.05) is 0 Å². The molecular formula is C24H19FN2O6. The van der Waals surface area contributed by atoms with Crippen LogP contribution in [0.4, 0.5) is 4.39 Å². The second kappa shape index (κ2) is 7.61. The first-order chi connectivity index (χ1) is 15.8. The normalized spacial score (nSPS) is 18.3. The van der Waals surface area contributed by atoms with Gasteiger partial charge in [-0.15, -0.1) is 0 Å². The largest absolute Gasteiger partial charge is 0.455 e. The van der Waals surface area contributed by atoms with Crippen molar-refractivity contribution >= 4 is 28.6 Å². The lowest BCUT2D eigenvalue weighted by Gasteiger charge is -2.29. The van der Waals surface area contributed by atoms with E-state index < -0.39 is 30.0 Å². The van der Waals surface area contributed by atoms with Gasteiger partial charge in [-0.1, -0.05) is 18.2 Å². The van der Waals surface area contributed by atoms with Crippen LogP contribution in [0.3, 0.4) is 0 Å². The molecule has 1 aromatic carbocycles. The Hall–Kier alpha value is -3.88. The molecule has 0 amide bonds. The SMILES string of the molecule is CC(=O)CCCC(=O)O[C@]1(F)C(=O)OCc2c1cc1n(c2=O)Cc2cc3ccccc3nc2-1. The van der Waals surface area contributed by atoms with E-state index >= 15 is 4.39 Å². The van der Waals surface area contributed by atoms with Gasteiger partial charge < -0.3 is 18.8 Å². The Balaban J connectivity index is 1.58. The van der Waals surface area contributed by atoms with Crippen molar-refractivity contribution in [2.24, 2.45) is 0 Å². The highest BCUT2D eigenvalue weighted by molar-refractivity contribution is 5.87. The molecule has 0 saturated heterocycles. The summed E-state index contributed by atoms with van der Waals surface area (Å²) < 4.78 is 27.1. The summed E-state index contributed by atoms with van der Waals surface area (Å²) >= 11 is 0. The molecule has 2 aromatic heterocycles. The zero-order valence-electron chi connectivity index (χ0n) is 17.7. The maximum Gasteiger partial charge on any atom is 0.390 e. The van der Waals surface area contributed by atoms with E-state index in [2.05, 4.69) is 4.98 Å². The van der Waals surface area contributed by atoms with Crippen molar-refractivity contribution in [3.05, 3.63) is 63.4 Å². The number of aromatic nitrogens is 2. The highest BCUT2D eigenvalue weighted by atomic mass is 19.2. The fraction of sp³-hybridized carbons (Fsp3) is 0.292. The van der Waals surface area contributed by atoms with Crippen molar-refractivity contribution in [3.8, 4) is 11.4 Å². The van der Waals surface area contributed by atoms with Gasteiger partial charge in [-0.05, 0) is 31.5 Å². The second-order valence-corrected chi connectivity index (χ2v) is 8.20. The standard InChI is InChI=1S/C24H19FN2O6/c1-13(28)5-4-8-20(29)33-24(25)17-10-19-21-15(9-14-6-2-3-7-18(14)26-21)11-27(19)22(30)16(17)12-32-23(24)31/h2-3,6-7,9-10H,4-5,8,11-12H2,1H3/t24-/m0/s1. The molecule has 0 unspecified atom stereocenters. The lowest BCUT2D eigenvalue weighted by atomic mass is 9.98. The minimum Gasteiger partial charge on any atom is -0.455 e. The quantitative estimate of drug-likeness (QED) is 0.431. The number of hydrogen-bond donors (Lipinski definition) is 0. The summed E-state index contributed by atoms with van der Waals surface area (Å²) in [5, 5.41) is 0.903. The minimum atomic E-state index is -3.25. The molecule has 1 atom stereocenters.